The molecule has 98 valence electrons. The largest absolute Gasteiger partial charge is 0.368 e. The molecule has 3 unspecified atom stereocenters. The molecule has 0 bridgehead atoms. The maximum atomic E-state index is 11.4. The Balaban J connectivity index is 1.99. The van der Waals surface area contributed by atoms with E-state index in [1.54, 1.807) is 0 Å². The van der Waals surface area contributed by atoms with Crippen LogP contribution in [0.4, 0.5) is 0 Å². The summed E-state index contributed by atoms with van der Waals surface area (Å²) >= 11 is 0. The Morgan fingerprint density at radius 3 is 2.65 bits per heavy atom. The average molecular weight is 240 g/mol. The minimum Gasteiger partial charge on any atom is -0.368 e. The molecule has 4 N–H and O–H groups in total. The highest BCUT2D eigenvalue weighted by Gasteiger charge is 2.43. The van der Waals surface area contributed by atoms with Crippen molar-refractivity contribution in [3.63, 3.8) is 0 Å². The van der Waals surface area contributed by atoms with Crippen LogP contribution < -0.4 is 11.5 Å². The molecule has 1 saturated heterocycles. The third-order valence-corrected chi connectivity index (χ3v) is 4.37. The van der Waals surface area contributed by atoms with Crippen molar-refractivity contribution >= 4 is 5.91 Å². The number of amides is 1. The van der Waals surface area contributed by atoms with Crippen molar-refractivity contribution in [1.29, 1.82) is 0 Å². The standard InChI is InChI=1S/C12H24N4O/c1-9-8-15(2)5-6-16(9)10-3-4-12(14,7-10)11(13)17/h9-10H,3-8,14H2,1-2H3,(H2,13,17). The Hall–Kier alpha value is -0.650. The summed E-state index contributed by atoms with van der Waals surface area (Å²) in [5, 5.41) is 0. The number of nitrogens with two attached hydrogens (primary N) is 2. The molecule has 1 aliphatic carbocycles. The first-order valence-corrected chi connectivity index (χ1v) is 6.45. The number of hydrogen-bond acceptors (Lipinski definition) is 4. The Labute approximate surface area is 103 Å². The zero-order valence-corrected chi connectivity index (χ0v) is 10.9. The van der Waals surface area contributed by atoms with Crippen LogP contribution in [0.5, 0.6) is 0 Å². The molecule has 0 spiro atoms. The van der Waals surface area contributed by atoms with Gasteiger partial charge in [-0.2, -0.15) is 0 Å². The summed E-state index contributed by atoms with van der Waals surface area (Å²) < 4.78 is 0. The van der Waals surface area contributed by atoms with Gasteiger partial charge in [-0.05, 0) is 33.2 Å². The first kappa shape index (κ1) is 12.8. The van der Waals surface area contributed by atoms with Gasteiger partial charge >= 0.3 is 0 Å². The lowest BCUT2D eigenvalue weighted by Crippen LogP contribution is -2.56. The van der Waals surface area contributed by atoms with Crippen LogP contribution in [0.25, 0.3) is 0 Å². The second-order valence-electron chi connectivity index (χ2n) is 5.77. The molecule has 1 amide bonds. The van der Waals surface area contributed by atoms with Crippen molar-refractivity contribution in [3.8, 4) is 0 Å². The highest BCUT2D eigenvalue weighted by molar-refractivity contribution is 5.84. The van der Waals surface area contributed by atoms with Crippen LogP contribution >= 0.6 is 0 Å². The fourth-order valence-corrected chi connectivity index (χ4v) is 3.25. The van der Waals surface area contributed by atoms with Crippen LogP contribution in [-0.2, 0) is 4.79 Å². The fourth-order valence-electron chi connectivity index (χ4n) is 3.25. The molecular formula is C12H24N4O. The quantitative estimate of drug-likeness (QED) is 0.673. The highest BCUT2D eigenvalue weighted by Crippen LogP contribution is 2.32. The summed E-state index contributed by atoms with van der Waals surface area (Å²) in [6, 6.07) is 0.963. The molecule has 0 aromatic carbocycles. The molecular weight excluding hydrogens is 216 g/mol. The summed E-state index contributed by atoms with van der Waals surface area (Å²) in [5.41, 5.74) is 10.7. The highest BCUT2D eigenvalue weighted by atomic mass is 16.1. The lowest BCUT2D eigenvalue weighted by molar-refractivity contribution is -0.123. The second-order valence-corrected chi connectivity index (χ2v) is 5.77. The lowest BCUT2D eigenvalue weighted by Gasteiger charge is -2.42. The van der Waals surface area contributed by atoms with Crippen molar-refractivity contribution < 1.29 is 4.79 Å². The minimum absolute atomic E-state index is 0.346. The van der Waals surface area contributed by atoms with Gasteiger partial charge in [0.2, 0.25) is 5.91 Å². The predicted molar refractivity (Wildman–Crippen MR) is 67.4 cm³/mol. The SMILES string of the molecule is CC1CN(C)CCN1C1CCC(N)(C(N)=O)C1. The number of carbonyl (C=O) groups excluding carboxylic acids is 1. The average Bonchev–Trinajstić information content (AvgIpc) is 2.62. The smallest absolute Gasteiger partial charge is 0.237 e. The molecule has 0 aromatic rings. The monoisotopic (exact) mass is 240 g/mol. The van der Waals surface area contributed by atoms with Crippen molar-refractivity contribution in [2.24, 2.45) is 11.5 Å². The Morgan fingerprint density at radius 2 is 2.12 bits per heavy atom. The van der Waals surface area contributed by atoms with Gasteiger partial charge in [-0.3, -0.25) is 9.69 Å². The van der Waals surface area contributed by atoms with E-state index in [-0.39, 0.29) is 5.91 Å². The van der Waals surface area contributed by atoms with Gasteiger partial charge in [0, 0.05) is 31.7 Å². The predicted octanol–water partition coefficient (Wildman–Crippen LogP) is -0.642. The number of hydrogen-bond donors (Lipinski definition) is 2. The van der Waals surface area contributed by atoms with E-state index in [4.69, 9.17) is 11.5 Å². The van der Waals surface area contributed by atoms with E-state index >= 15 is 0 Å². The van der Waals surface area contributed by atoms with E-state index in [0.717, 1.165) is 38.9 Å². The van der Waals surface area contributed by atoms with E-state index in [9.17, 15) is 4.79 Å². The van der Waals surface area contributed by atoms with E-state index in [2.05, 4.69) is 23.8 Å². The zero-order valence-electron chi connectivity index (χ0n) is 10.9. The van der Waals surface area contributed by atoms with Gasteiger partial charge in [0.1, 0.15) is 0 Å². The number of primary amides is 1. The maximum absolute atomic E-state index is 11.4. The third kappa shape index (κ3) is 2.46. The minimum atomic E-state index is -0.770. The normalized spacial score (nSPS) is 40.6. The molecule has 0 aromatic heterocycles. The first-order chi connectivity index (χ1) is 7.92. The van der Waals surface area contributed by atoms with Crippen molar-refractivity contribution in [3.05, 3.63) is 0 Å². The Kier molecular flexibility index (Phi) is 3.43. The zero-order chi connectivity index (χ0) is 12.6. The molecule has 1 aliphatic heterocycles. The summed E-state index contributed by atoms with van der Waals surface area (Å²) in [7, 11) is 2.15. The van der Waals surface area contributed by atoms with Crippen molar-refractivity contribution in [1.82, 2.24) is 9.80 Å². The molecule has 1 heterocycles. The number of carbonyl (C=O) groups is 1. The molecule has 0 radical (unpaired) electrons. The maximum Gasteiger partial charge on any atom is 0.237 e. The molecule has 2 rings (SSSR count). The molecule has 1 saturated carbocycles. The van der Waals surface area contributed by atoms with Crippen LogP contribution in [0.2, 0.25) is 0 Å². The van der Waals surface area contributed by atoms with Gasteiger partial charge < -0.3 is 16.4 Å². The van der Waals surface area contributed by atoms with Crippen LogP contribution in [0, 0.1) is 0 Å². The third-order valence-electron chi connectivity index (χ3n) is 4.37. The summed E-state index contributed by atoms with van der Waals surface area (Å²) in [6.07, 6.45) is 2.44. The molecule has 3 atom stereocenters. The van der Waals surface area contributed by atoms with Crippen LogP contribution in [-0.4, -0.2) is 60.0 Å². The van der Waals surface area contributed by atoms with E-state index in [1.165, 1.54) is 0 Å². The van der Waals surface area contributed by atoms with Gasteiger partial charge in [0.25, 0.3) is 0 Å². The van der Waals surface area contributed by atoms with Gasteiger partial charge in [-0.25, -0.2) is 0 Å². The topological polar surface area (TPSA) is 75.6 Å². The van der Waals surface area contributed by atoms with Crippen LogP contribution in [0.3, 0.4) is 0 Å². The lowest BCUT2D eigenvalue weighted by atomic mass is 9.97. The first-order valence-electron chi connectivity index (χ1n) is 6.45. The number of piperazine rings is 1. The fraction of sp³-hybridized carbons (Fsp3) is 0.917. The molecule has 5 nitrogen and oxygen atoms in total. The van der Waals surface area contributed by atoms with Crippen molar-refractivity contribution in [2.75, 3.05) is 26.7 Å². The van der Waals surface area contributed by atoms with Crippen LogP contribution in [0.15, 0.2) is 0 Å². The van der Waals surface area contributed by atoms with E-state index in [1.807, 2.05) is 0 Å². The Bertz CT molecular complexity index is 309. The summed E-state index contributed by atoms with van der Waals surface area (Å²) in [5.74, 6) is -0.346. The molecule has 5 heteroatoms. The van der Waals surface area contributed by atoms with Gasteiger partial charge in [0.15, 0.2) is 0 Å². The Morgan fingerprint density at radius 1 is 1.41 bits per heavy atom. The van der Waals surface area contributed by atoms with Gasteiger partial charge in [-0.15, -0.1) is 0 Å². The van der Waals surface area contributed by atoms with Crippen molar-refractivity contribution in [2.45, 2.75) is 43.8 Å². The van der Waals surface area contributed by atoms with E-state index < -0.39 is 5.54 Å². The number of rotatable bonds is 2. The molecule has 17 heavy (non-hydrogen) atoms. The summed E-state index contributed by atoms with van der Waals surface area (Å²) in [4.78, 5) is 16.2. The molecule has 2 fully saturated rings. The number of nitrogens with zero attached hydrogens (tertiary/aromatic N) is 2. The second kappa shape index (κ2) is 4.55. The number of likely N-dealkylation sites (N-methyl/N-ethyl adjacent to an activating group) is 1. The summed E-state index contributed by atoms with van der Waals surface area (Å²) in [6.45, 7) is 5.49. The van der Waals surface area contributed by atoms with Gasteiger partial charge in [-0.1, -0.05) is 0 Å². The van der Waals surface area contributed by atoms with Crippen LogP contribution in [0.1, 0.15) is 26.2 Å². The van der Waals surface area contributed by atoms with Gasteiger partial charge in [0.05, 0.1) is 5.54 Å². The van der Waals surface area contributed by atoms with E-state index in [0.29, 0.717) is 12.1 Å². The molecule has 2 aliphatic rings.